The minimum atomic E-state index is -3.57. The second kappa shape index (κ2) is 3.72. The summed E-state index contributed by atoms with van der Waals surface area (Å²) >= 11 is 0. The zero-order valence-corrected chi connectivity index (χ0v) is 5.57. The standard InChI is InChI=1S/C5H9FO5/c6-5(11,3(9)1-7)4(10)2-8/h3,7-9,11H,1-2H2/t3-,5-/m1/s1. The average Bonchev–Trinajstić information content (AvgIpc) is 2.01. The Balaban J connectivity index is 4.31. The molecule has 4 N–H and O–H groups in total. The van der Waals surface area contributed by atoms with Gasteiger partial charge in [-0.2, -0.15) is 0 Å². The summed E-state index contributed by atoms with van der Waals surface area (Å²) in [6, 6.07) is 0. The normalized spacial score (nSPS) is 19.0. The molecule has 0 aromatic carbocycles. The Kier molecular flexibility index (Phi) is 3.53. The Labute approximate surface area is 61.7 Å². The Morgan fingerprint density at radius 1 is 1.55 bits per heavy atom. The minimum absolute atomic E-state index is 1.10. The fraction of sp³-hybridized carbons (Fsp3) is 0.800. The fourth-order valence-corrected chi connectivity index (χ4v) is 0.418. The number of alkyl halides is 1. The summed E-state index contributed by atoms with van der Waals surface area (Å²) in [5.41, 5.74) is 0. The zero-order valence-electron chi connectivity index (χ0n) is 5.57. The van der Waals surface area contributed by atoms with E-state index in [0.29, 0.717) is 0 Å². The molecular weight excluding hydrogens is 159 g/mol. The van der Waals surface area contributed by atoms with Gasteiger partial charge in [-0.1, -0.05) is 0 Å². The van der Waals surface area contributed by atoms with E-state index in [2.05, 4.69) is 0 Å². The molecule has 0 bridgehead atoms. The topological polar surface area (TPSA) is 98.0 Å². The molecule has 0 unspecified atom stereocenters. The molecule has 0 radical (unpaired) electrons. The molecular formula is C5H9FO5. The fourth-order valence-electron chi connectivity index (χ4n) is 0.418. The summed E-state index contributed by atoms with van der Waals surface area (Å²) in [6.07, 6.45) is -2.22. The lowest BCUT2D eigenvalue weighted by Crippen LogP contribution is -2.48. The summed E-state index contributed by atoms with van der Waals surface area (Å²) < 4.78 is 12.5. The maximum absolute atomic E-state index is 12.5. The van der Waals surface area contributed by atoms with Gasteiger partial charge in [-0.15, -0.1) is 0 Å². The first-order valence-electron chi connectivity index (χ1n) is 2.81. The number of aliphatic hydroxyl groups excluding tert-OH is 3. The number of halogens is 1. The van der Waals surface area contributed by atoms with Gasteiger partial charge >= 0.3 is 0 Å². The van der Waals surface area contributed by atoms with Crippen molar-refractivity contribution in [2.24, 2.45) is 0 Å². The van der Waals surface area contributed by atoms with Crippen molar-refractivity contribution in [3.8, 4) is 0 Å². The third kappa shape index (κ3) is 2.19. The molecule has 0 aliphatic heterocycles. The number of carbonyl (C=O) groups is 1. The lowest BCUT2D eigenvalue weighted by molar-refractivity contribution is -0.193. The van der Waals surface area contributed by atoms with E-state index in [-0.39, 0.29) is 0 Å². The van der Waals surface area contributed by atoms with Crippen LogP contribution >= 0.6 is 0 Å². The second-order valence-corrected chi connectivity index (χ2v) is 1.95. The minimum Gasteiger partial charge on any atom is -0.393 e. The van der Waals surface area contributed by atoms with E-state index >= 15 is 0 Å². The van der Waals surface area contributed by atoms with Crippen molar-refractivity contribution in [3.05, 3.63) is 0 Å². The van der Waals surface area contributed by atoms with E-state index in [0.717, 1.165) is 0 Å². The lowest BCUT2D eigenvalue weighted by atomic mass is 10.1. The van der Waals surface area contributed by atoms with Crippen molar-refractivity contribution in [3.63, 3.8) is 0 Å². The highest BCUT2D eigenvalue weighted by atomic mass is 19.2. The molecule has 0 aliphatic rings. The average molecular weight is 168 g/mol. The highest BCUT2D eigenvalue weighted by molar-refractivity contribution is 5.87. The van der Waals surface area contributed by atoms with Crippen LogP contribution in [-0.4, -0.2) is 51.4 Å². The molecule has 0 spiro atoms. The molecule has 0 fully saturated rings. The monoisotopic (exact) mass is 168 g/mol. The van der Waals surface area contributed by atoms with Crippen molar-refractivity contribution in [2.75, 3.05) is 13.2 Å². The van der Waals surface area contributed by atoms with Gasteiger partial charge in [-0.05, 0) is 0 Å². The number of ketones is 1. The maximum Gasteiger partial charge on any atom is 0.296 e. The number of carbonyl (C=O) groups excluding carboxylic acids is 1. The van der Waals surface area contributed by atoms with Gasteiger partial charge in [0.25, 0.3) is 5.85 Å². The number of aliphatic hydroxyl groups is 4. The molecule has 6 heteroatoms. The Bertz CT molecular complexity index is 146. The van der Waals surface area contributed by atoms with E-state index < -0.39 is 31.0 Å². The van der Waals surface area contributed by atoms with Gasteiger partial charge in [0.05, 0.1) is 6.61 Å². The van der Waals surface area contributed by atoms with Crippen molar-refractivity contribution in [2.45, 2.75) is 12.0 Å². The van der Waals surface area contributed by atoms with Gasteiger partial charge in [0.1, 0.15) is 12.7 Å². The number of rotatable bonds is 4. The smallest absolute Gasteiger partial charge is 0.296 e. The zero-order chi connectivity index (χ0) is 9.07. The highest BCUT2D eigenvalue weighted by Crippen LogP contribution is 2.13. The van der Waals surface area contributed by atoms with Crippen molar-refractivity contribution in [1.29, 1.82) is 0 Å². The van der Waals surface area contributed by atoms with Crippen LogP contribution in [0.2, 0.25) is 0 Å². The van der Waals surface area contributed by atoms with Crippen LogP contribution in [0.1, 0.15) is 0 Å². The Morgan fingerprint density at radius 3 is 2.27 bits per heavy atom. The van der Waals surface area contributed by atoms with Gasteiger partial charge in [0, 0.05) is 0 Å². The van der Waals surface area contributed by atoms with Crippen LogP contribution in [0.3, 0.4) is 0 Å². The molecule has 0 rings (SSSR count). The molecule has 5 nitrogen and oxygen atoms in total. The van der Waals surface area contributed by atoms with E-state index in [4.69, 9.17) is 20.4 Å². The lowest BCUT2D eigenvalue weighted by Gasteiger charge is -2.20. The Hall–Kier alpha value is -0.560. The van der Waals surface area contributed by atoms with Crippen LogP contribution in [0.4, 0.5) is 4.39 Å². The van der Waals surface area contributed by atoms with Crippen LogP contribution in [0, 0.1) is 0 Å². The van der Waals surface area contributed by atoms with Gasteiger partial charge < -0.3 is 20.4 Å². The molecule has 0 amide bonds. The molecule has 11 heavy (non-hydrogen) atoms. The first-order chi connectivity index (χ1) is 4.96. The summed E-state index contributed by atoms with van der Waals surface area (Å²) in [7, 11) is 0. The molecule has 0 aromatic heterocycles. The molecule has 0 heterocycles. The summed E-state index contributed by atoms with van der Waals surface area (Å²) in [5.74, 6) is -5.15. The van der Waals surface area contributed by atoms with Crippen molar-refractivity contribution < 1.29 is 29.6 Å². The molecule has 66 valence electrons. The predicted molar refractivity (Wildman–Crippen MR) is 31.2 cm³/mol. The third-order valence-electron chi connectivity index (χ3n) is 1.15. The second-order valence-electron chi connectivity index (χ2n) is 1.95. The summed E-state index contributed by atoms with van der Waals surface area (Å²) in [6.45, 7) is -2.33. The van der Waals surface area contributed by atoms with E-state index in [1.165, 1.54) is 0 Å². The third-order valence-corrected chi connectivity index (χ3v) is 1.15. The number of hydrogen-bond donors (Lipinski definition) is 4. The van der Waals surface area contributed by atoms with E-state index in [1.807, 2.05) is 0 Å². The van der Waals surface area contributed by atoms with Gasteiger partial charge in [0.15, 0.2) is 0 Å². The largest absolute Gasteiger partial charge is 0.393 e. The molecule has 0 saturated carbocycles. The summed E-state index contributed by atoms with van der Waals surface area (Å²) in [5, 5.41) is 33.1. The Morgan fingerprint density at radius 2 is 2.00 bits per heavy atom. The maximum atomic E-state index is 12.5. The van der Waals surface area contributed by atoms with Gasteiger partial charge in [-0.25, -0.2) is 4.39 Å². The molecule has 0 aliphatic carbocycles. The molecule has 0 saturated heterocycles. The first-order valence-corrected chi connectivity index (χ1v) is 2.81. The van der Waals surface area contributed by atoms with Crippen molar-refractivity contribution >= 4 is 5.78 Å². The van der Waals surface area contributed by atoms with Crippen LogP contribution in [0.5, 0.6) is 0 Å². The van der Waals surface area contributed by atoms with Gasteiger partial charge in [-0.3, -0.25) is 4.79 Å². The van der Waals surface area contributed by atoms with Crippen LogP contribution < -0.4 is 0 Å². The van der Waals surface area contributed by atoms with Crippen LogP contribution in [0.15, 0.2) is 0 Å². The van der Waals surface area contributed by atoms with Crippen LogP contribution in [0.25, 0.3) is 0 Å². The van der Waals surface area contributed by atoms with Crippen LogP contribution in [-0.2, 0) is 4.79 Å². The van der Waals surface area contributed by atoms with E-state index in [1.54, 1.807) is 0 Å². The number of hydrogen-bond acceptors (Lipinski definition) is 5. The molecule has 2 atom stereocenters. The van der Waals surface area contributed by atoms with E-state index in [9.17, 15) is 9.18 Å². The molecule has 0 aromatic rings. The first kappa shape index (κ1) is 10.4. The predicted octanol–water partition coefficient (Wildman–Crippen LogP) is -2.44. The van der Waals surface area contributed by atoms with Gasteiger partial charge in [0.2, 0.25) is 5.78 Å². The SMILES string of the molecule is O=C(CO)[C@@](O)(F)[C@H](O)CO. The summed E-state index contributed by atoms with van der Waals surface area (Å²) in [4.78, 5) is 10.3. The number of Topliss-reactive ketones (excluding diaryl/α,β-unsaturated/α-hetero) is 1. The van der Waals surface area contributed by atoms with Crippen molar-refractivity contribution in [1.82, 2.24) is 0 Å². The quantitative estimate of drug-likeness (QED) is 0.374. The highest BCUT2D eigenvalue weighted by Gasteiger charge is 2.42.